The van der Waals surface area contributed by atoms with Gasteiger partial charge in [-0.25, -0.2) is 9.78 Å². The molecule has 1 heterocycles. The van der Waals surface area contributed by atoms with Crippen LogP contribution in [0.5, 0.6) is 0 Å². The number of carbonyl (C=O) groups is 1. The molecule has 4 nitrogen and oxygen atoms in total. The minimum absolute atomic E-state index is 0.109. The molecule has 0 unspecified atom stereocenters. The Hall–Kier alpha value is -1.07. The maximum Gasteiger partial charge on any atom is 0.354 e. The third kappa shape index (κ3) is 3.03. The fourth-order valence-electron chi connectivity index (χ4n) is 2.14. The van der Waals surface area contributed by atoms with Crippen molar-refractivity contribution in [3.05, 3.63) is 29.6 Å². The molecule has 0 aliphatic heterocycles. The molecule has 2 N–H and O–H groups in total. The van der Waals surface area contributed by atoms with Crippen molar-refractivity contribution in [1.29, 1.82) is 0 Å². The van der Waals surface area contributed by atoms with E-state index in [1.807, 2.05) is 17.8 Å². The van der Waals surface area contributed by atoms with Crippen molar-refractivity contribution in [2.45, 2.75) is 30.6 Å². The van der Waals surface area contributed by atoms with Crippen molar-refractivity contribution in [3.63, 3.8) is 0 Å². The fourth-order valence-corrected chi connectivity index (χ4v) is 3.08. The molecule has 0 aromatic carbocycles. The smallest absolute Gasteiger partial charge is 0.354 e. The van der Waals surface area contributed by atoms with Crippen LogP contribution >= 0.6 is 11.8 Å². The molecule has 1 aliphatic carbocycles. The zero-order valence-electron chi connectivity index (χ0n) is 10.5. The molecule has 18 heavy (non-hydrogen) atoms. The van der Waals surface area contributed by atoms with Crippen LogP contribution in [0.2, 0.25) is 0 Å². The Morgan fingerprint density at radius 2 is 2.33 bits per heavy atom. The number of pyridine rings is 1. The Morgan fingerprint density at radius 1 is 1.56 bits per heavy atom. The van der Waals surface area contributed by atoms with Gasteiger partial charge in [0.25, 0.3) is 0 Å². The Kier molecular flexibility index (Phi) is 4.24. The Bertz CT molecular complexity index is 427. The van der Waals surface area contributed by atoms with Crippen molar-refractivity contribution >= 4 is 17.7 Å². The molecular weight excluding hydrogens is 248 g/mol. The van der Waals surface area contributed by atoms with Gasteiger partial charge in [0.05, 0.1) is 5.69 Å². The van der Waals surface area contributed by atoms with Gasteiger partial charge in [-0.05, 0) is 31.2 Å². The number of thioether (sulfide) groups is 1. The molecule has 0 atom stereocenters. The van der Waals surface area contributed by atoms with Crippen molar-refractivity contribution < 1.29 is 9.90 Å². The van der Waals surface area contributed by atoms with Gasteiger partial charge in [0.1, 0.15) is 5.69 Å². The van der Waals surface area contributed by atoms with E-state index in [9.17, 15) is 4.79 Å². The number of aromatic nitrogens is 1. The molecule has 0 spiro atoms. The van der Waals surface area contributed by atoms with Gasteiger partial charge in [0, 0.05) is 17.8 Å². The SMILES string of the molecule is CSC1(CNCc2cccc(C(=O)O)n2)CCC1. The van der Waals surface area contributed by atoms with Gasteiger partial charge < -0.3 is 10.4 Å². The second-order valence-electron chi connectivity index (χ2n) is 4.66. The van der Waals surface area contributed by atoms with Gasteiger partial charge >= 0.3 is 5.97 Å². The van der Waals surface area contributed by atoms with E-state index in [-0.39, 0.29) is 5.69 Å². The summed E-state index contributed by atoms with van der Waals surface area (Å²) in [6, 6.07) is 5.11. The van der Waals surface area contributed by atoms with Crippen LogP contribution in [-0.2, 0) is 6.54 Å². The van der Waals surface area contributed by atoms with Crippen molar-refractivity contribution in [2.24, 2.45) is 0 Å². The summed E-state index contributed by atoms with van der Waals surface area (Å²) in [6.07, 6.45) is 6.01. The number of carboxylic acids is 1. The van der Waals surface area contributed by atoms with Crippen LogP contribution in [0.3, 0.4) is 0 Å². The Morgan fingerprint density at radius 3 is 2.89 bits per heavy atom. The number of carboxylic acid groups (broad SMARTS) is 1. The van der Waals surface area contributed by atoms with Crippen molar-refractivity contribution in [3.8, 4) is 0 Å². The predicted molar refractivity (Wildman–Crippen MR) is 73.0 cm³/mol. The first-order valence-corrected chi connectivity index (χ1v) is 7.33. The standard InChI is InChI=1S/C13H18N2O2S/c1-18-13(6-3-7-13)9-14-8-10-4-2-5-11(15-10)12(16)17/h2,4-5,14H,3,6-9H2,1H3,(H,16,17). The largest absolute Gasteiger partial charge is 0.477 e. The van der Waals surface area contributed by atoms with E-state index in [1.54, 1.807) is 6.07 Å². The molecule has 0 saturated heterocycles. The summed E-state index contributed by atoms with van der Waals surface area (Å²) in [5.74, 6) is -0.976. The third-order valence-electron chi connectivity index (χ3n) is 3.48. The van der Waals surface area contributed by atoms with Gasteiger partial charge in [-0.2, -0.15) is 11.8 Å². The fraction of sp³-hybridized carbons (Fsp3) is 0.538. The van der Waals surface area contributed by atoms with Gasteiger partial charge in [0.2, 0.25) is 0 Å². The normalized spacial score (nSPS) is 17.2. The number of hydrogen-bond donors (Lipinski definition) is 2. The first-order chi connectivity index (χ1) is 8.65. The molecule has 2 rings (SSSR count). The summed E-state index contributed by atoms with van der Waals surface area (Å²) in [5.41, 5.74) is 0.892. The second kappa shape index (κ2) is 5.71. The van der Waals surface area contributed by atoms with Crippen LogP contribution in [0.1, 0.15) is 35.4 Å². The first kappa shape index (κ1) is 13.4. The highest BCUT2D eigenvalue weighted by atomic mass is 32.2. The third-order valence-corrected chi connectivity index (χ3v) is 4.90. The van der Waals surface area contributed by atoms with E-state index in [0.717, 1.165) is 12.2 Å². The molecule has 1 saturated carbocycles. The van der Waals surface area contributed by atoms with Crippen LogP contribution in [0.25, 0.3) is 0 Å². The zero-order chi connectivity index (χ0) is 13.0. The molecule has 0 bridgehead atoms. The van der Waals surface area contributed by atoms with Crippen LogP contribution in [0, 0.1) is 0 Å². The highest BCUT2D eigenvalue weighted by molar-refractivity contribution is 8.00. The van der Waals surface area contributed by atoms with Crippen molar-refractivity contribution in [2.75, 3.05) is 12.8 Å². The minimum Gasteiger partial charge on any atom is -0.477 e. The summed E-state index contributed by atoms with van der Waals surface area (Å²) < 4.78 is 0.393. The molecule has 1 aliphatic rings. The van der Waals surface area contributed by atoms with Crippen LogP contribution < -0.4 is 5.32 Å². The van der Waals surface area contributed by atoms with E-state index >= 15 is 0 Å². The lowest BCUT2D eigenvalue weighted by Crippen LogP contribution is -2.43. The lowest BCUT2D eigenvalue weighted by molar-refractivity contribution is 0.0690. The monoisotopic (exact) mass is 266 g/mol. The molecule has 5 heteroatoms. The number of hydrogen-bond acceptors (Lipinski definition) is 4. The quantitative estimate of drug-likeness (QED) is 0.826. The lowest BCUT2D eigenvalue weighted by atomic mass is 9.84. The maximum atomic E-state index is 10.8. The average Bonchev–Trinajstić information content (AvgIpc) is 2.33. The first-order valence-electron chi connectivity index (χ1n) is 6.10. The molecular formula is C13H18N2O2S. The van der Waals surface area contributed by atoms with Crippen LogP contribution in [0.4, 0.5) is 0 Å². The van der Waals surface area contributed by atoms with Gasteiger partial charge in [-0.1, -0.05) is 12.5 Å². The summed E-state index contributed by atoms with van der Waals surface area (Å²) in [5, 5.41) is 12.2. The molecule has 1 aromatic heterocycles. The second-order valence-corrected chi connectivity index (χ2v) is 5.94. The molecule has 1 aromatic rings. The topological polar surface area (TPSA) is 62.2 Å². The zero-order valence-corrected chi connectivity index (χ0v) is 11.3. The van der Waals surface area contributed by atoms with E-state index < -0.39 is 5.97 Å². The molecule has 0 amide bonds. The predicted octanol–water partition coefficient (Wildman–Crippen LogP) is 2.16. The maximum absolute atomic E-state index is 10.8. The minimum atomic E-state index is -0.976. The number of rotatable bonds is 6. The molecule has 98 valence electrons. The number of nitrogens with one attached hydrogen (secondary N) is 1. The molecule has 0 radical (unpaired) electrons. The molecule has 1 fully saturated rings. The van der Waals surface area contributed by atoms with E-state index in [0.29, 0.717) is 11.3 Å². The van der Waals surface area contributed by atoms with Crippen molar-refractivity contribution in [1.82, 2.24) is 10.3 Å². The summed E-state index contributed by atoms with van der Waals surface area (Å²) in [4.78, 5) is 14.9. The van der Waals surface area contributed by atoms with E-state index in [4.69, 9.17) is 5.11 Å². The number of nitrogens with zero attached hydrogens (tertiary/aromatic N) is 1. The van der Waals surface area contributed by atoms with Gasteiger partial charge in [-0.3, -0.25) is 0 Å². The van der Waals surface area contributed by atoms with Crippen LogP contribution in [-0.4, -0.2) is 33.6 Å². The average molecular weight is 266 g/mol. The summed E-state index contributed by atoms with van der Waals surface area (Å²) >= 11 is 1.93. The Balaban J connectivity index is 1.86. The summed E-state index contributed by atoms with van der Waals surface area (Å²) in [6.45, 7) is 1.59. The highest BCUT2D eigenvalue weighted by Crippen LogP contribution is 2.42. The lowest BCUT2D eigenvalue weighted by Gasteiger charge is -2.40. The van der Waals surface area contributed by atoms with Crippen LogP contribution in [0.15, 0.2) is 18.2 Å². The van der Waals surface area contributed by atoms with E-state index in [1.165, 1.54) is 25.3 Å². The van der Waals surface area contributed by atoms with E-state index in [2.05, 4.69) is 16.6 Å². The Labute approximate surface area is 111 Å². The number of aromatic carboxylic acids is 1. The van der Waals surface area contributed by atoms with Gasteiger partial charge in [-0.15, -0.1) is 0 Å². The summed E-state index contributed by atoms with van der Waals surface area (Å²) in [7, 11) is 0. The highest BCUT2D eigenvalue weighted by Gasteiger charge is 2.35. The van der Waals surface area contributed by atoms with Gasteiger partial charge in [0.15, 0.2) is 0 Å².